The molecule has 0 aromatic carbocycles. The molecule has 0 fully saturated rings. The summed E-state index contributed by atoms with van der Waals surface area (Å²) >= 11 is 0. The minimum Gasteiger partial charge on any atom is -0.478 e. The van der Waals surface area contributed by atoms with E-state index in [0.29, 0.717) is 0 Å². The molecule has 0 amide bonds. The Balaban J connectivity index is 2.81. The third-order valence-electron chi connectivity index (χ3n) is 1.82. The van der Waals surface area contributed by atoms with E-state index in [1.807, 2.05) is 0 Å². The van der Waals surface area contributed by atoms with E-state index in [4.69, 9.17) is 20.4 Å². The first-order valence-electron chi connectivity index (χ1n) is 3.50. The number of hydrogen-bond donors (Lipinski definition) is 4. The van der Waals surface area contributed by atoms with Crippen molar-refractivity contribution in [1.29, 1.82) is 0 Å². The second kappa shape index (κ2) is 3.22. The van der Waals surface area contributed by atoms with Crippen molar-refractivity contribution in [1.82, 2.24) is 0 Å². The highest BCUT2D eigenvalue weighted by molar-refractivity contribution is 5.87. The first-order chi connectivity index (χ1) is 5.52. The predicted octanol–water partition coefficient (Wildman–Crippen LogP) is -1.52. The maximum Gasteiger partial charge on any atom is 0.331 e. The molecule has 0 unspecified atom stereocenters. The van der Waals surface area contributed by atoms with Gasteiger partial charge in [-0.1, -0.05) is 0 Å². The summed E-state index contributed by atoms with van der Waals surface area (Å²) in [6.07, 6.45) is -2.86. The number of carboxylic acids is 1. The number of aliphatic carboxylic acids is 1. The van der Waals surface area contributed by atoms with Gasteiger partial charge in [0.25, 0.3) is 0 Å². The van der Waals surface area contributed by atoms with Gasteiger partial charge in [0.2, 0.25) is 0 Å². The SMILES string of the molecule is O=[13C](O)C1=C[C@@H](O)[C@@H](O)[C@H](O)C1. The van der Waals surface area contributed by atoms with Gasteiger partial charge in [-0.25, -0.2) is 4.79 Å². The Morgan fingerprint density at radius 3 is 2.42 bits per heavy atom. The number of carboxylic acid groups (broad SMARTS) is 1. The van der Waals surface area contributed by atoms with E-state index in [0.717, 1.165) is 6.08 Å². The van der Waals surface area contributed by atoms with Crippen molar-refractivity contribution in [2.24, 2.45) is 0 Å². The van der Waals surface area contributed by atoms with Gasteiger partial charge >= 0.3 is 5.97 Å². The Kier molecular flexibility index (Phi) is 2.46. The van der Waals surface area contributed by atoms with E-state index in [1.165, 1.54) is 0 Å². The highest BCUT2D eigenvalue weighted by Crippen LogP contribution is 2.19. The third-order valence-corrected chi connectivity index (χ3v) is 1.82. The average Bonchev–Trinajstić information content (AvgIpc) is 1.99. The summed E-state index contributed by atoms with van der Waals surface area (Å²) in [7, 11) is 0. The number of aliphatic hydroxyl groups is 3. The molecule has 0 bridgehead atoms. The van der Waals surface area contributed by atoms with Crippen LogP contribution in [0, 0.1) is 0 Å². The van der Waals surface area contributed by atoms with E-state index >= 15 is 0 Å². The molecule has 68 valence electrons. The normalized spacial score (nSPS) is 35.9. The van der Waals surface area contributed by atoms with Crippen molar-refractivity contribution in [3.8, 4) is 0 Å². The van der Waals surface area contributed by atoms with Crippen molar-refractivity contribution in [3.63, 3.8) is 0 Å². The van der Waals surface area contributed by atoms with Crippen LogP contribution in [-0.4, -0.2) is 44.7 Å². The standard InChI is InChI=1S/C7H10O5/c8-4-1-3(7(11)12)2-5(9)6(4)10/h1,4-6,8-10H,2H2,(H,11,12)/t4-,5-,6-/m1/s1/i7+1. The second-order valence-electron chi connectivity index (χ2n) is 2.75. The Labute approximate surface area is 68.6 Å². The molecule has 5 heteroatoms. The van der Waals surface area contributed by atoms with E-state index in [-0.39, 0.29) is 12.0 Å². The van der Waals surface area contributed by atoms with Crippen molar-refractivity contribution < 1.29 is 25.2 Å². The summed E-state index contributed by atoms with van der Waals surface area (Å²) in [5.74, 6) is -1.18. The molecule has 1 aliphatic rings. The lowest BCUT2D eigenvalue weighted by molar-refractivity contribution is -0.134. The smallest absolute Gasteiger partial charge is 0.331 e. The molecule has 3 atom stereocenters. The monoisotopic (exact) mass is 175 g/mol. The first-order valence-corrected chi connectivity index (χ1v) is 3.50. The van der Waals surface area contributed by atoms with Crippen LogP contribution < -0.4 is 0 Å². The van der Waals surface area contributed by atoms with Gasteiger partial charge in [-0.15, -0.1) is 0 Å². The topological polar surface area (TPSA) is 98.0 Å². The lowest BCUT2D eigenvalue weighted by Crippen LogP contribution is -2.40. The zero-order valence-corrected chi connectivity index (χ0v) is 6.21. The second-order valence-corrected chi connectivity index (χ2v) is 2.75. The lowest BCUT2D eigenvalue weighted by Gasteiger charge is -2.25. The molecule has 5 nitrogen and oxygen atoms in total. The van der Waals surface area contributed by atoms with Gasteiger partial charge in [0, 0.05) is 12.0 Å². The minimum atomic E-state index is -1.29. The molecule has 0 heterocycles. The van der Waals surface area contributed by atoms with Crippen molar-refractivity contribution in [2.75, 3.05) is 0 Å². The molecule has 0 aromatic heterocycles. The molecule has 0 spiro atoms. The van der Waals surface area contributed by atoms with E-state index in [1.54, 1.807) is 0 Å². The fourth-order valence-corrected chi connectivity index (χ4v) is 1.11. The lowest BCUT2D eigenvalue weighted by atomic mass is 9.95. The first kappa shape index (κ1) is 9.18. The number of carbonyl (C=O) groups is 1. The van der Waals surface area contributed by atoms with E-state index in [9.17, 15) is 4.79 Å². The molecular weight excluding hydrogens is 165 g/mol. The Morgan fingerprint density at radius 2 is 2.00 bits per heavy atom. The zero-order chi connectivity index (χ0) is 9.30. The molecule has 0 aliphatic heterocycles. The van der Waals surface area contributed by atoms with Gasteiger partial charge in [0.15, 0.2) is 0 Å². The summed E-state index contributed by atoms with van der Waals surface area (Å²) in [6, 6.07) is 0. The summed E-state index contributed by atoms with van der Waals surface area (Å²) < 4.78 is 0. The van der Waals surface area contributed by atoms with E-state index < -0.39 is 24.3 Å². The van der Waals surface area contributed by atoms with Crippen LogP contribution in [-0.2, 0) is 4.79 Å². The quantitative estimate of drug-likeness (QED) is 0.363. The van der Waals surface area contributed by atoms with Crippen LogP contribution >= 0.6 is 0 Å². The molecular formula is C7H10O5. The van der Waals surface area contributed by atoms with Gasteiger partial charge < -0.3 is 20.4 Å². The number of rotatable bonds is 1. The zero-order valence-electron chi connectivity index (χ0n) is 6.21. The van der Waals surface area contributed by atoms with Crippen LogP contribution in [0.2, 0.25) is 0 Å². The maximum atomic E-state index is 10.4. The Hall–Kier alpha value is -0.910. The average molecular weight is 175 g/mol. The molecule has 4 N–H and O–H groups in total. The predicted molar refractivity (Wildman–Crippen MR) is 38.4 cm³/mol. The van der Waals surface area contributed by atoms with Crippen molar-refractivity contribution in [2.45, 2.75) is 24.7 Å². The third kappa shape index (κ3) is 1.63. The molecule has 12 heavy (non-hydrogen) atoms. The molecule has 0 aromatic rings. The van der Waals surface area contributed by atoms with Gasteiger partial charge in [0.1, 0.15) is 12.2 Å². The maximum absolute atomic E-state index is 10.4. The van der Waals surface area contributed by atoms with Gasteiger partial charge in [-0.05, 0) is 6.08 Å². The largest absolute Gasteiger partial charge is 0.478 e. The highest BCUT2D eigenvalue weighted by atomic mass is 16.5. The van der Waals surface area contributed by atoms with Gasteiger partial charge in [-0.3, -0.25) is 0 Å². The van der Waals surface area contributed by atoms with Crippen LogP contribution in [0.15, 0.2) is 11.6 Å². The van der Waals surface area contributed by atoms with Crippen molar-refractivity contribution >= 4 is 5.97 Å². The summed E-state index contributed by atoms with van der Waals surface area (Å²) in [5.41, 5.74) is -0.0692. The van der Waals surface area contributed by atoms with E-state index in [2.05, 4.69) is 0 Å². The Bertz CT molecular complexity index is 222. The van der Waals surface area contributed by atoms with Gasteiger partial charge in [0.05, 0.1) is 6.10 Å². The van der Waals surface area contributed by atoms with Crippen LogP contribution in [0.3, 0.4) is 0 Å². The summed E-state index contributed by atoms with van der Waals surface area (Å²) in [5, 5.41) is 35.6. The molecule has 0 saturated heterocycles. The van der Waals surface area contributed by atoms with Crippen LogP contribution in [0.25, 0.3) is 0 Å². The van der Waals surface area contributed by atoms with Crippen molar-refractivity contribution in [3.05, 3.63) is 11.6 Å². The molecule has 0 radical (unpaired) electrons. The number of hydrogen-bond acceptors (Lipinski definition) is 4. The number of aliphatic hydroxyl groups excluding tert-OH is 3. The Morgan fingerprint density at radius 1 is 1.42 bits per heavy atom. The molecule has 1 rings (SSSR count). The van der Waals surface area contributed by atoms with Gasteiger partial charge in [-0.2, -0.15) is 0 Å². The van der Waals surface area contributed by atoms with Crippen LogP contribution in [0.5, 0.6) is 0 Å². The minimum absolute atomic E-state index is 0.0692. The summed E-state index contributed by atoms with van der Waals surface area (Å²) in [4.78, 5) is 10.4. The fraction of sp³-hybridized carbons (Fsp3) is 0.571. The fourth-order valence-electron chi connectivity index (χ4n) is 1.11. The van der Waals surface area contributed by atoms with Crippen LogP contribution in [0.1, 0.15) is 6.42 Å². The summed E-state index contributed by atoms with van der Waals surface area (Å²) in [6.45, 7) is 0. The molecule has 1 aliphatic carbocycles. The highest BCUT2D eigenvalue weighted by Gasteiger charge is 2.31. The van der Waals surface area contributed by atoms with Crippen LogP contribution in [0.4, 0.5) is 0 Å². The molecule has 0 saturated carbocycles.